The van der Waals surface area contributed by atoms with Crippen LogP contribution in [0.3, 0.4) is 0 Å². The average Bonchev–Trinajstić information content (AvgIpc) is 3.08. The van der Waals surface area contributed by atoms with Gasteiger partial charge in [0.25, 0.3) is 0 Å². The van der Waals surface area contributed by atoms with Crippen molar-refractivity contribution in [3.05, 3.63) is 17.8 Å². The number of carbonyl (C=O) groups is 1. The highest BCUT2D eigenvalue weighted by molar-refractivity contribution is 7.17. The Morgan fingerprint density at radius 1 is 1.27 bits per heavy atom. The molecule has 1 N–H and O–H groups in total. The quantitative estimate of drug-likeness (QED) is 0.869. The summed E-state index contributed by atoms with van der Waals surface area (Å²) in [6.07, 6.45) is 3.95. The lowest BCUT2D eigenvalue weighted by atomic mass is 9.86. The molecule has 1 spiro atoms. The SMILES string of the molecule is CN1CCN(c2ncnc3ccsc23)C[C@]12CCC(=O)N(CCO)CC2. The van der Waals surface area contributed by atoms with Crippen LogP contribution in [0.5, 0.6) is 0 Å². The fourth-order valence-corrected chi connectivity index (χ4v) is 5.09. The first-order valence-corrected chi connectivity index (χ1v) is 10.0. The molecular formula is C18H25N5O2S. The molecule has 2 aliphatic rings. The molecule has 0 saturated carbocycles. The van der Waals surface area contributed by atoms with E-state index in [2.05, 4.69) is 32.2 Å². The molecule has 2 aromatic heterocycles. The monoisotopic (exact) mass is 375 g/mol. The summed E-state index contributed by atoms with van der Waals surface area (Å²) in [4.78, 5) is 27.9. The van der Waals surface area contributed by atoms with Gasteiger partial charge in [0.05, 0.1) is 16.8 Å². The first-order valence-electron chi connectivity index (χ1n) is 9.16. The predicted molar refractivity (Wildman–Crippen MR) is 103 cm³/mol. The van der Waals surface area contributed by atoms with E-state index in [0.717, 1.165) is 48.5 Å². The number of aliphatic hydroxyl groups is 1. The third-order valence-corrected chi connectivity index (χ3v) is 6.80. The first kappa shape index (κ1) is 17.6. The highest BCUT2D eigenvalue weighted by atomic mass is 32.1. The summed E-state index contributed by atoms with van der Waals surface area (Å²) in [5, 5.41) is 11.3. The van der Waals surface area contributed by atoms with E-state index in [1.54, 1.807) is 17.7 Å². The van der Waals surface area contributed by atoms with Crippen molar-refractivity contribution in [2.45, 2.75) is 24.8 Å². The summed E-state index contributed by atoms with van der Waals surface area (Å²) in [6.45, 7) is 3.91. The number of hydrogen-bond acceptors (Lipinski definition) is 7. The first-order chi connectivity index (χ1) is 12.6. The maximum absolute atomic E-state index is 12.4. The second-order valence-corrected chi connectivity index (χ2v) is 8.17. The number of carbonyl (C=O) groups excluding carboxylic acids is 1. The zero-order valence-electron chi connectivity index (χ0n) is 15.1. The summed E-state index contributed by atoms with van der Waals surface area (Å²) in [5.41, 5.74) is 0.963. The second-order valence-electron chi connectivity index (χ2n) is 7.25. The van der Waals surface area contributed by atoms with Crippen molar-refractivity contribution >= 4 is 33.3 Å². The molecule has 2 saturated heterocycles. The van der Waals surface area contributed by atoms with E-state index in [0.29, 0.717) is 19.5 Å². The summed E-state index contributed by atoms with van der Waals surface area (Å²) >= 11 is 1.68. The van der Waals surface area contributed by atoms with Gasteiger partial charge in [0.15, 0.2) is 0 Å². The lowest BCUT2D eigenvalue weighted by Crippen LogP contribution is -2.61. The molecule has 0 unspecified atom stereocenters. The van der Waals surface area contributed by atoms with Crippen LogP contribution in [0, 0.1) is 0 Å². The van der Waals surface area contributed by atoms with Crippen molar-refractivity contribution in [1.82, 2.24) is 19.8 Å². The van der Waals surface area contributed by atoms with E-state index >= 15 is 0 Å². The molecule has 7 nitrogen and oxygen atoms in total. The van der Waals surface area contributed by atoms with Gasteiger partial charge in [-0.2, -0.15) is 0 Å². The van der Waals surface area contributed by atoms with Gasteiger partial charge < -0.3 is 14.9 Å². The molecule has 1 amide bonds. The maximum Gasteiger partial charge on any atom is 0.222 e. The predicted octanol–water partition coefficient (Wildman–Crippen LogP) is 1.19. The van der Waals surface area contributed by atoms with Gasteiger partial charge in [-0.15, -0.1) is 11.3 Å². The average molecular weight is 375 g/mol. The highest BCUT2D eigenvalue weighted by Crippen LogP contribution is 2.36. The number of amides is 1. The molecule has 0 bridgehead atoms. The Labute approximate surface area is 157 Å². The van der Waals surface area contributed by atoms with Crippen LogP contribution >= 0.6 is 11.3 Å². The maximum atomic E-state index is 12.4. The van der Waals surface area contributed by atoms with Gasteiger partial charge in [0, 0.05) is 44.7 Å². The lowest BCUT2D eigenvalue weighted by Gasteiger charge is -2.49. The van der Waals surface area contributed by atoms with Gasteiger partial charge >= 0.3 is 0 Å². The van der Waals surface area contributed by atoms with Crippen molar-refractivity contribution in [2.24, 2.45) is 0 Å². The molecule has 1 atom stereocenters. The minimum Gasteiger partial charge on any atom is -0.395 e. The zero-order chi connectivity index (χ0) is 18.1. The molecule has 26 heavy (non-hydrogen) atoms. The molecule has 0 radical (unpaired) electrons. The van der Waals surface area contributed by atoms with Crippen molar-refractivity contribution < 1.29 is 9.90 Å². The van der Waals surface area contributed by atoms with Crippen molar-refractivity contribution in [1.29, 1.82) is 0 Å². The molecule has 0 aromatic carbocycles. The lowest BCUT2D eigenvalue weighted by molar-refractivity contribution is -0.131. The number of hydrogen-bond donors (Lipinski definition) is 1. The Morgan fingerprint density at radius 3 is 3.00 bits per heavy atom. The number of nitrogens with zero attached hydrogens (tertiary/aromatic N) is 5. The number of likely N-dealkylation sites (N-methyl/N-ethyl adjacent to an activating group) is 1. The molecule has 4 rings (SSSR count). The van der Waals surface area contributed by atoms with E-state index in [-0.39, 0.29) is 18.1 Å². The topological polar surface area (TPSA) is 72.8 Å². The Kier molecular flexibility index (Phi) is 4.81. The van der Waals surface area contributed by atoms with E-state index < -0.39 is 0 Å². The molecule has 4 heterocycles. The summed E-state index contributed by atoms with van der Waals surface area (Å²) in [5.74, 6) is 1.17. The van der Waals surface area contributed by atoms with Crippen LogP contribution < -0.4 is 4.90 Å². The molecule has 2 fully saturated rings. The molecule has 140 valence electrons. The Bertz CT molecular complexity index is 797. The summed E-state index contributed by atoms with van der Waals surface area (Å²) < 4.78 is 1.14. The van der Waals surface area contributed by atoms with Crippen molar-refractivity contribution in [3.8, 4) is 0 Å². The van der Waals surface area contributed by atoms with E-state index in [9.17, 15) is 9.90 Å². The summed E-state index contributed by atoms with van der Waals surface area (Å²) in [6, 6.07) is 2.04. The van der Waals surface area contributed by atoms with Gasteiger partial charge in [-0.3, -0.25) is 9.69 Å². The van der Waals surface area contributed by atoms with Crippen LogP contribution in [-0.4, -0.2) is 82.7 Å². The van der Waals surface area contributed by atoms with E-state index in [4.69, 9.17) is 0 Å². The number of likely N-dealkylation sites (tertiary alicyclic amines) is 1. The number of aliphatic hydroxyl groups excluding tert-OH is 1. The fourth-order valence-electron chi connectivity index (χ4n) is 4.23. The van der Waals surface area contributed by atoms with Crippen LogP contribution in [0.2, 0.25) is 0 Å². The Morgan fingerprint density at radius 2 is 2.15 bits per heavy atom. The van der Waals surface area contributed by atoms with Crippen molar-refractivity contribution in [3.63, 3.8) is 0 Å². The van der Waals surface area contributed by atoms with Crippen LogP contribution in [0.15, 0.2) is 17.8 Å². The fraction of sp³-hybridized carbons (Fsp3) is 0.611. The van der Waals surface area contributed by atoms with E-state index in [1.807, 2.05) is 11.0 Å². The molecule has 2 aromatic rings. The number of fused-ring (bicyclic) bond motifs is 1. The molecule has 8 heteroatoms. The standard InChI is InChI=1S/C18H25N5O2S/c1-21-7-8-23(17-16-14(3-11-26-16)19-13-20-17)12-18(21)4-2-15(25)22(6-5-18)9-10-24/h3,11,13,24H,2,4-10,12H2,1H3/t18-/m1/s1. The van der Waals surface area contributed by atoms with Crippen LogP contribution in [0.1, 0.15) is 19.3 Å². The second kappa shape index (κ2) is 7.09. The minimum atomic E-state index is -0.0351. The van der Waals surface area contributed by atoms with Gasteiger partial charge in [0.2, 0.25) is 5.91 Å². The number of thiophene rings is 1. The number of β-amino-alcohol motifs (C(OH)–C–C–N with tert-alkyl or cyclic N) is 1. The van der Waals surface area contributed by atoms with Crippen LogP contribution in [-0.2, 0) is 4.79 Å². The normalized spacial score (nSPS) is 25.2. The molecular weight excluding hydrogens is 350 g/mol. The van der Waals surface area contributed by atoms with Gasteiger partial charge in [0.1, 0.15) is 12.1 Å². The van der Waals surface area contributed by atoms with Crippen molar-refractivity contribution in [2.75, 3.05) is 51.3 Å². The van der Waals surface area contributed by atoms with Gasteiger partial charge in [-0.1, -0.05) is 0 Å². The largest absolute Gasteiger partial charge is 0.395 e. The smallest absolute Gasteiger partial charge is 0.222 e. The molecule has 2 aliphatic heterocycles. The van der Waals surface area contributed by atoms with Gasteiger partial charge in [-0.25, -0.2) is 9.97 Å². The summed E-state index contributed by atoms with van der Waals surface area (Å²) in [7, 11) is 2.17. The van der Waals surface area contributed by atoms with E-state index in [1.165, 1.54) is 0 Å². The molecule has 0 aliphatic carbocycles. The Balaban J connectivity index is 1.60. The third-order valence-electron chi connectivity index (χ3n) is 5.90. The van der Waals surface area contributed by atoms with Crippen LogP contribution in [0.25, 0.3) is 10.2 Å². The third kappa shape index (κ3) is 3.06. The highest BCUT2D eigenvalue weighted by Gasteiger charge is 2.42. The zero-order valence-corrected chi connectivity index (χ0v) is 15.9. The Hall–Kier alpha value is -1.77. The van der Waals surface area contributed by atoms with Gasteiger partial charge in [-0.05, 0) is 31.3 Å². The van der Waals surface area contributed by atoms with Crippen LogP contribution in [0.4, 0.5) is 5.82 Å². The number of piperazine rings is 1. The number of anilines is 1. The minimum absolute atomic E-state index is 0.0258. The number of rotatable bonds is 3. The number of aromatic nitrogens is 2.